The number of para-hydroxylation sites is 2. The van der Waals surface area contributed by atoms with Crippen LogP contribution in [-0.4, -0.2) is 24.8 Å². The number of fused-ring (bicyclic) bond motifs is 12. The first kappa shape index (κ1) is 26.9. The van der Waals surface area contributed by atoms with Gasteiger partial charge in [0.05, 0.1) is 16.6 Å². The van der Waals surface area contributed by atoms with Crippen molar-refractivity contribution in [2.75, 3.05) is 0 Å². The van der Waals surface area contributed by atoms with Crippen LogP contribution in [0.4, 0.5) is 0 Å². The van der Waals surface area contributed by atoms with Gasteiger partial charge in [0.25, 0.3) is 0 Å². The molecule has 0 bridgehead atoms. The Labute approximate surface area is 258 Å². The number of nitriles is 1. The molecule has 0 amide bonds. The molecule has 7 nitrogen and oxygen atoms in total. The molecular formula is C38H30N4O3. The normalized spacial score (nSPS) is 12.4. The number of hydrogen-bond donors (Lipinski definition) is 1. The van der Waals surface area contributed by atoms with Crippen LogP contribution < -0.4 is 0 Å². The van der Waals surface area contributed by atoms with E-state index in [1.807, 2.05) is 6.07 Å². The van der Waals surface area contributed by atoms with Crippen molar-refractivity contribution in [1.82, 2.24) is 13.7 Å². The lowest BCUT2D eigenvalue weighted by Gasteiger charge is -2.10. The van der Waals surface area contributed by atoms with E-state index < -0.39 is 5.97 Å². The van der Waals surface area contributed by atoms with Crippen LogP contribution in [0.1, 0.15) is 26.5 Å². The number of aryl methyl sites for hydroxylation is 3. The van der Waals surface area contributed by atoms with E-state index in [1.54, 1.807) is 12.1 Å². The number of carboxylic acids is 1. The minimum Gasteiger partial charge on any atom is -0.477 e. The molecule has 8 rings (SSSR count). The zero-order valence-corrected chi connectivity index (χ0v) is 25.3. The average molecular weight is 591 g/mol. The van der Waals surface area contributed by atoms with Gasteiger partial charge in [-0.25, -0.2) is 4.79 Å². The lowest BCUT2D eigenvalue weighted by atomic mass is 10.0. The Balaban J connectivity index is 1.57. The van der Waals surface area contributed by atoms with E-state index in [-0.39, 0.29) is 5.57 Å². The predicted octanol–water partition coefficient (Wildman–Crippen LogP) is 9.32. The molecule has 1 N–H and O–H groups in total. The van der Waals surface area contributed by atoms with Crippen molar-refractivity contribution in [2.45, 2.75) is 40.4 Å². The van der Waals surface area contributed by atoms with Gasteiger partial charge >= 0.3 is 5.97 Å². The lowest BCUT2D eigenvalue weighted by Crippen LogP contribution is -1.98. The summed E-state index contributed by atoms with van der Waals surface area (Å²) in [5.41, 5.74) is 7.86. The summed E-state index contributed by atoms with van der Waals surface area (Å²) in [5, 5.41) is 25.9. The zero-order valence-electron chi connectivity index (χ0n) is 25.3. The first-order valence-corrected chi connectivity index (χ1v) is 15.4. The molecule has 220 valence electrons. The molecule has 4 aromatic carbocycles. The monoisotopic (exact) mass is 590 g/mol. The first-order valence-electron chi connectivity index (χ1n) is 15.4. The summed E-state index contributed by atoms with van der Waals surface area (Å²) in [7, 11) is 0. The Morgan fingerprint density at radius 3 is 1.76 bits per heavy atom. The summed E-state index contributed by atoms with van der Waals surface area (Å²) in [4.78, 5) is 11.4. The van der Waals surface area contributed by atoms with E-state index in [9.17, 15) is 15.2 Å². The Hall–Kier alpha value is -5.74. The van der Waals surface area contributed by atoms with Crippen molar-refractivity contribution >= 4 is 77.5 Å². The van der Waals surface area contributed by atoms with E-state index >= 15 is 0 Å². The molecule has 0 atom stereocenters. The third-order valence-corrected chi connectivity index (χ3v) is 9.21. The quantitative estimate of drug-likeness (QED) is 0.154. The minimum absolute atomic E-state index is 0.322. The SMILES string of the molecule is CCn1c2ccccc2c2c1c1c3ccccc3n(CC)c1c1c3cc(-c4ccc(/C=C(\C#N)C(=O)O)o4)ccc3n(CC)c21. The number of carboxylic acid groups (broad SMARTS) is 1. The fourth-order valence-electron chi connectivity index (χ4n) is 7.47. The standard InChI is InChI=1S/C38H30N4O3/c1-4-40-28-13-9-7-11-25(28)33-35(40)32-26-12-8-10-14-29(26)41(5-2)36(32)34-27-20-22(15-17-30(27)42(6-3)37(33)34)31-18-16-24(45-31)19-23(21-39)38(43)44/h7-20H,4-6H2,1-3H3,(H,43,44)/b23-19+. The molecule has 0 fully saturated rings. The van der Waals surface area contributed by atoms with E-state index in [1.165, 1.54) is 60.6 Å². The highest BCUT2D eigenvalue weighted by Crippen LogP contribution is 2.48. The van der Waals surface area contributed by atoms with E-state index in [2.05, 4.69) is 101 Å². The molecule has 0 aliphatic heterocycles. The number of carbonyl (C=O) groups is 1. The Morgan fingerprint density at radius 1 is 0.733 bits per heavy atom. The second-order valence-corrected chi connectivity index (χ2v) is 11.3. The molecule has 4 heterocycles. The van der Waals surface area contributed by atoms with Crippen molar-refractivity contribution in [3.8, 4) is 17.4 Å². The highest BCUT2D eigenvalue weighted by molar-refractivity contribution is 6.39. The van der Waals surface area contributed by atoms with Crippen molar-refractivity contribution in [2.24, 2.45) is 0 Å². The summed E-state index contributed by atoms with van der Waals surface area (Å²) in [6.07, 6.45) is 1.26. The van der Waals surface area contributed by atoms with Gasteiger partial charge in [0.15, 0.2) is 0 Å². The molecule has 7 heteroatoms. The summed E-state index contributed by atoms with van der Waals surface area (Å²) < 4.78 is 13.5. The van der Waals surface area contributed by atoms with E-state index in [0.29, 0.717) is 11.5 Å². The summed E-state index contributed by atoms with van der Waals surface area (Å²) >= 11 is 0. The molecule has 0 saturated heterocycles. The van der Waals surface area contributed by atoms with Crippen LogP contribution in [0.25, 0.3) is 82.8 Å². The van der Waals surface area contributed by atoms with Crippen LogP contribution in [0, 0.1) is 11.3 Å². The van der Waals surface area contributed by atoms with Crippen LogP contribution >= 0.6 is 0 Å². The van der Waals surface area contributed by atoms with Crippen LogP contribution in [0.2, 0.25) is 0 Å². The largest absolute Gasteiger partial charge is 0.477 e. The zero-order chi connectivity index (χ0) is 31.0. The van der Waals surface area contributed by atoms with Gasteiger partial charge in [0, 0.05) is 80.1 Å². The van der Waals surface area contributed by atoms with E-state index in [4.69, 9.17) is 4.42 Å². The number of aromatic nitrogens is 3. The molecule has 0 spiro atoms. The first-order chi connectivity index (χ1) is 22.0. The van der Waals surface area contributed by atoms with Gasteiger partial charge < -0.3 is 23.2 Å². The second kappa shape index (κ2) is 9.90. The highest BCUT2D eigenvalue weighted by atomic mass is 16.4. The summed E-state index contributed by atoms with van der Waals surface area (Å²) in [6.45, 7) is 9.14. The van der Waals surface area contributed by atoms with Crippen LogP contribution in [0.3, 0.4) is 0 Å². The third-order valence-electron chi connectivity index (χ3n) is 9.21. The molecule has 0 aliphatic rings. The molecule has 45 heavy (non-hydrogen) atoms. The van der Waals surface area contributed by atoms with Gasteiger partial charge in [-0.15, -0.1) is 0 Å². The lowest BCUT2D eigenvalue weighted by molar-refractivity contribution is -0.132. The molecule has 0 saturated carbocycles. The second-order valence-electron chi connectivity index (χ2n) is 11.3. The maximum atomic E-state index is 11.4. The number of aliphatic carboxylic acids is 1. The Kier molecular flexibility index (Phi) is 5.91. The Bertz CT molecular complexity index is 2560. The Morgan fingerprint density at radius 2 is 1.24 bits per heavy atom. The molecule has 8 aromatic rings. The van der Waals surface area contributed by atoms with Gasteiger partial charge in [-0.2, -0.15) is 5.26 Å². The number of rotatable bonds is 6. The summed E-state index contributed by atoms with van der Waals surface area (Å²) in [5.74, 6) is -0.350. The fourth-order valence-corrected chi connectivity index (χ4v) is 7.47. The van der Waals surface area contributed by atoms with E-state index in [0.717, 1.165) is 36.1 Å². The minimum atomic E-state index is -1.28. The summed E-state index contributed by atoms with van der Waals surface area (Å²) in [6, 6.07) is 29.1. The van der Waals surface area contributed by atoms with Crippen molar-refractivity contribution in [1.29, 1.82) is 5.26 Å². The van der Waals surface area contributed by atoms with Crippen LogP contribution in [-0.2, 0) is 24.4 Å². The maximum Gasteiger partial charge on any atom is 0.346 e. The fraction of sp³-hybridized carbons (Fsp3) is 0.158. The van der Waals surface area contributed by atoms with Gasteiger partial charge in [-0.1, -0.05) is 36.4 Å². The van der Waals surface area contributed by atoms with Crippen molar-refractivity contribution in [3.05, 3.63) is 90.2 Å². The molecule has 0 aliphatic carbocycles. The number of hydrogen-bond acceptors (Lipinski definition) is 3. The smallest absolute Gasteiger partial charge is 0.346 e. The molecular weight excluding hydrogens is 560 g/mol. The van der Waals surface area contributed by atoms with Gasteiger partial charge in [-0.3, -0.25) is 0 Å². The highest BCUT2D eigenvalue weighted by Gasteiger charge is 2.26. The number of nitrogens with zero attached hydrogens (tertiary/aromatic N) is 4. The topological polar surface area (TPSA) is 89.0 Å². The predicted molar refractivity (Wildman–Crippen MR) is 181 cm³/mol. The van der Waals surface area contributed by atoms with Gasteiger partial charge in [0.1, 0.15) is 23.2 Å². The van der Waals surface area contributed by atoms with Crippen molar-refractivity contribution < 1.29 is 14.3 Å². The third kappa shape index (κ3) is 3.60. The molecule has 0 radical (unpaired) electrons. The van der Waals surface area contributed by atoms with Crippen molar-refractivity contribution in [3.63, 3.8) is 0 Å². The van der Waals surface area contributed by atoms with Gasteiger partial charge in [-0.05, 0) is 63.2 Å². The number of furan rings is 1. The number of benzene rings is 4. The van der Waals surface area contributed by atoms with Crippen LogP contribution in [0.5, 0.6) is 0 Å². The van der Waals surface area contributed by atoms with Crippen LogP contribution in [0.15, 0.2) is 88.9 Å². The molecule has 0 unspecified atom stereocenters. The average Bonchev–Trinajstić information content (AvgIpc) is 3.82. The molecule has 4 aromatic heterocycles. The van der Waals surface area contributed by atoms with Gasteiger partial charge in [0.2, 0.25) is 0 Å². The maximum absolute atomic E-state index is 11.4.